The second-order valence-electron chi connectivity index (χ2n) is 4.86. The molecule has 0 saturated heterocycles. The van der Waals surface area contributed by atoms with Crippen LogP contribution in [0.3, 0.4) is 0 Å². The molecule has 1 rings (SSSR count). The Balaban J connectivity index is 2.67. The predicted octanol–water partition coefficient (Wildman–Crippen LogP) is 3.65. The summed E-state index contributed by atoms with van der Waals surface area (Å²) in [5, 5.41) is 14.5. The monoisotopic (exact) mass is 320 g/mol. The topological polar surface area (TPSA) is 38.1 Å². The number of nitrogens with zero attached hydrogens (tertiary/aromatic N) is 2. The molecule has 0 aliphatic heterocycles. The highest BCUT2D eigenvalue weighted by Crippen LogP contribution is 2.28. The molecule has 5 heteroatoms. The van der Waals surface area contributed by atoms with Gasteiger partial charge in [0.1, 0.15) is 6.10 Å². The molecular weight excluding hydrogens is 300 g/mol. The van der Waals surface area contributed by atoms with Gasteiger partial charge in [0, 0.05) is 11.8 Å². The Morgan fingerprint density at radius 1 is 1.35 bits per heavy atom. The zero-order chi connectivity index (χ0) is 13.0. The molecule has 1 unspecified atom stereocenters. The molecule has 0 aromatic carbocycles. The third kappa shape index (κ3) is 4.30. The van der Waals surface area contributed by atoms with Crippen LogP contribution in [0.5, 0.6) is 0 Å². The average Bonchev–Trinajstić information content (AvgIpc) is 2.59. The van der Waals surface area contributed by atoms with Gasteiger partial charge in [0.2, 0.25) is 0 Å². The van der Waals surface area contributed by atoms with E-state index in [1.54, 1.807) is 18.0 Å². The van der Waals surface area contributed by atoms with Crippen molar-refractivity contribution in [1.29, 1.82) is 0 Å². The SMILES string of the molecule is CC(C)CSCC(O)c1c(Br)cnn1C(C)C. The van der Waals surface area contributed by atoms with Crippen LogP contribution in [-0.4, -0.2) is 26.4 Å². The van der Waals surface area contributed by atoms with Gasteiger partial charge < -0.3 is 5.11 Å². The lowest BCUT2D eigenvalue weighted by atomic mass is 10.2. The quantitative estimate of drug-likeness (QED) is 0.869. The van der Waals surface area contributed by atoms with Crippen molar-refractivity contribution in [3.63, 3.8) is 0 Å². The summed E-state index contributed by atoms with van der Waals surface area (Å²) in [6, 6.07) is 0.265. The number of aliphatic hydroxyl groups is 1. The molecule has 0 fully saturated rings. The summed E-state index contributed by atoms with van der Waals surface area (Å²) in [5.41, 5.74) is 0.885. The van der Waals surface area contributed by atoms with Crippen molar-refractivity contribution < 1.29 is 5.11 Å². The van der Waals surface area contributed by atoms with Crippen LogP contribution in [0.15, 0.2) is 10.7 Å². The van der Waals surface area contributed by atoms with Crippen molar-refractivity contribution in [2.75, 3.05) is 11.5 Å². The average molecular weight is 321 g/mol. The highest BCUT2D eigenvalue weighted by Gasteiger charge is 2.19. The predicted molar refractivity (Wildman–Crippen MR) is 77.4 cm³/mol. The Bertz CT molecular complexity index is 352. The van der Waals surface area contributed by atoms with E-state index >= 15 is 0 Å². The second-order valence-corrected chi connectivity index (χ2v) is 6.79. The first-order chi connectivity index (χ1) is 7.93. The summed E-state index contributed by atoms with van der Waals surface area (Å²) in [6.07, 6.45) is 1.30. The molecule has 98 valence electrons. The van der Waals surface area contributed by atoms with E-state index in [-0.39, 0.29) is 6.04 Å². The van der Waals surface area contributed by atoms with Crippen molar-refractivity contribution >= 4 is 27.7 Å². The Kier molecular flexibility index (Phi) is 6.03. The zero-order valence-corrected chi connectivity index (χ0v) is 13.3. The molecule has 1 heterocycles. The minimum absolute atomic E-state index is 0.265. The molecule has 0 amide bonds. The smallest absolute Gasteiger partial charge is 0.106 e. The Hall–Kier alpha value is 0. The maximum absolute atomic E-state index is 10.2. The van der Waals surface area contributed by atoms with Crippen molar-refractivity contribution in [3.8, 4) is 0 Å². The molecule has 17 heavy (non-hydrogen) atoms. The molecule has 1 N–H and O–H groups in total. The van der Waals surface area contributed by atoms with Crippen molar-refractivity contribution in [2.24, 2.45) is 5.92 Å². The molecule has 0 aliphatic carbocycles. The van der Waals surface area contributed by atoms with Gasteiger partial charge in [-0.15, -0.1) is 0 Å². The maximum Gasteiger partial charge on any atom is 0.106 e. The number of hydrogen-bond acceptors (Lipinski definition) is 3. The van der Waals surface area contributed by atoms with Gasteiger partial charge in [0.05, 0.1) is 16.4 Å². The summed E-state index contributed by atoms with van der Waals surface area (Å²) in [7, 11) is 0. The van der Waals surface area contributed by atoms with Gasteiger partial charge in [0.15, 0.2) is 0 Å². The van der Waals surface area contributed by atoms with Crippen LogP contribution in [0.25, 0.3) is 0 Å². The molecule has 0 radical (unpaired) electrons. The van der Waals surface area contributed by atoms with Gasteiger partial charge in [-0.05, 0) is 41.4 Å². The minimum atomic E-state index is -0.460. The van der Waals surface area contributed by atoms with Crippen LogP contribution in [0.1, 0.15) is 45.5 Å². The normalized spacial score (nSPS) is 13.6. The number of thioether (sulfide) groups is 1. The molecule has 0 saturated carbocycles. The fraction of sp³-hybridized carbons (Fsp3) is 0.750. The zero-order valence-electron chi connectivity index (χ0n) is 10.9. The molecule has 3 nitrogen and oxygen atoms in total. The van der Waals surface area contributed by atoms with Crippen molar-refractivity contribution in [1.82, 2.24) is 9.78 Å². The number of halogens is 1. The first-order valence-corrected chi connectivity index (χ1v) is 7.87. The fourth-order valence-electron chi connectivity index (χ4n) is 1.57. The van der Waals surface area contributed by atoms with Crippen LogP contribution in [0.4, 0.5) is 0 Å². The Labute approximate surface area is 116 Å². The van der Waals surface area contributed by atoms with Crippen LogP contribution < -0.4 is 0 Å². The van der Waals surface area contributed by atoms with Crippen LogP contribution in [0.2, 0.25) is 0 Å². The Morgan fingerprint density at radius 2 is 2.00 bits per heavy atom. The maximum atomic E-state index is 10.2. The van der Waals surface area contributed by atoms with Gasteiger partial charge in [-0.2, -0.15) is 16.9 Å². The van der Waals surface area contributed by atoms with Crippen molar-refractivity contribution in [3.05, 3.63) is 16.4 Å². The van der Waals surface area contributed by atoms with E-state index in [0.29, 0.717) is 5.92 Å². The van der Waals surface area contributed by atoms with Gasteiger partial charge in [-0.25, -0.2) is 0 Å². The van der Waals surface area contributed by atoms with E-state index in [2.05, 4.69) is 48.7 Å². The molecule has 1 aromatic heterocycles. The highest BCUT2D eigenvalue weighted by molar-refractivity contribution is 9.10. The Morgan fingerprint density at radius 3 is 2.53 bits per heavy atom. The highest BCUT2D eigenvalue weighted by atomic mass is 79.9. The number of hydrogen-bond donors (Lipinski definition) is 1. The lowest BCUT2D eigenvalue weighted by molar-refractivity contribution is 0.188. The largest absolute Gasteiger partial charge is 0.386 e. The van der Waals surface area contributed by atoms with Crippen LogP contribution in [0, 0.1) is 5.92 Å². The minimum Gasteiger partial charge on any atom is -0.386 e. The number of rotatable bonds is 6. The van der Waals surface area contributed by atoms with Crippen molar-refractivity contribution in [2.45, 2.75) is 39.8 Å². The van der Waals surface area contributed by atoms with Gasteiger partial charge in [-0.3, -0.25) is 4.68 Å². The lowest BCUT2D eigenvalue weighted by Gasteiger charge is -2.16. The van der Waals surface area contributed by atoms with E-state index < -0.39 is 6.10 Å². The second kappa shape index (κ2) is 6.81. The molecular formula is C12H21BrN2OS. The number of aromatic nitrogens is 2. The van der Waals surface area contributed by atoms with Gasteiger partial charge in [-0.1, -0.05) is 13.8 Å². The molecule has 1 aromatic rings. The number of aliphatic hydroxyl groups excluding tert-OH is 1. The first-order valence-electron chi connectivity index (χ1n) is 5.92. The molecule has 0 aliphatic rings. The van der Waals surface area contributed by atoms with E-state index in [1.807, 2.05) is 4.68 Å². The summed E-state index contributed by atoms with van der Waals surface area (Å²) in [4.78, 5) is 0. The summed E-state index contributed by atoms with van der Waals surface area (Å²) < 4.78 is 2.77. The van der Waals surface area contributed by atoms with Gasteiger partial charge >= 0.3 is 0 Å². The summed E-state index contributed by atoms with van der Waals surface area (Å²) in [5.74, 6) is 2.45. The van der Waals surface area contributed by atoms with Gasteiger partial charge in [0.25, 0.3) is 0 Å². The first kappa shape index (κ1) is 15.1. The summed E-state index contributed by atoms with van der Waals surface area (Å²) >= 11 is 5.24. The van der Waals surface area contributed by atoms with E-state index in [9.17, 15) is 5.11 Å². The summed E-state index contributed by atoms with van der Waals surface area (Å²) in [6.45, 7) is 8.51. The van der Waals surface area contributed by atoms with Crippen LogP contribution >= 0.6 is 27.7 Å². The standard InChI is InChI=1S/C12H21BrN2OS/c1-8(2)6-17-7-11(16)12-10(13)5-14-15(12)9(3)4/h5,8-9,11,16H,6-7H2,1-4H3. The third-order valence-corrected chi connectivity index (χ3v) is 4.38. The molecule has 1 atom stereocenters. The third-order valence-electron chi connectivity index (χ3n) is 2.32. The van der Waals surface area contributed by atoms with E-state index in [0.717, 1.165) is 21.7 Å². The molecule has 0 spiro atoms. The van der Waals surface area contributed by atoms with E-state index in [1.165, 1.54) is 0 Å². The molecule has 0 bridgehead atoms. The van der Waals surface area contributed by atoms with Crippen LogP contribution in [-0.2, 0) is 0 Å². The fourth-order valence-corrected chi connectivity index (χ4v) is 3.09. The van der Waals surface area contributed by atoms with E-state index in [4.69, 9.17) is 0 Å². The lowest BCUT2D eigenvalue weighted by Crippen LogP contribution is -2.13.